The Morgan fingerprint density at radius 3 is 2.67 bits per heavy atom. The molecule has 0 unspecified atom stereocenters. The Kier molecular flexibility index (Phi) is 6.31. The summed E-state index contributed by atoms with van der Waals surface area (Å²) < 4.78 is 5.47. The molecule has 0 atom stereocenters. The SMILES string of the molecule is OCC#CCCCOCc1ccccc1. The largest absolute Gasteiger partial charge is 0.384 e. The maximum absolute atomic E-state index is 8.41. The van der Waals surface area contributed by atoms with Crippen molar-refractivity contribution in [2.75, 3.05) is 13.2 Å². The molecule has 0 heterocycles. The lowest BCUT2D eigenvalue weighted by Gasteiger charge is -2.02. The van der Waals surface area contributed by atoms with E-state index in [2.05, 4.69) is 11.8 Å². The molecular formula is C13H16O2. The summed E-state index contributed by atoms with van der Waals surface area (Å²) >= 11 is 0. The summed E-state index contributed by atoms with van der Waals surface area (Å²) in [5.41, 5.74) is 1.19. The van der Waals surface area contributed by atoms with E-state index < -0.39 is 0 Å². The molecule has 15 heavy (non-hydrogen) atoms. The third-order valence-corrected chi connectivity index (χ3v) is 1.91. The van der Waals surface area contributed by atoms with Gasteiger partial charge in [-0.25, -0.2) is 0 Å². The predicted octanol–water partition coefficient (Wildman–Crippen LogP) is 1.98. The lowest BCUT2D eigenvalue weighted by molar-refractivity contribution is 0.119. The molecule has 0 radical (unpaired) electrons. The lowest BCUT2D eigenvalue weighted by Crippen LogP contribution is -1.94. The molecule has 2 heteroatoms. The molecule has 0 spiro atoms. The standard InChI is InChI=1S/C13H16O2/c14-10-6-1-2-7-11-15-12-13-8-4-3-5-9-13/h3-5,8-9,14H,2,7,10-12H2. The van der Waals surface area contributed by atoms with Crippen molar-refractivity contribution in [3.05, 3.63) is 35.9 Å². The Balaban J connectivity index is 2.03. The number of hydrogen-bond acceptors (Lipinski definition) is 2. The summed E-state index contributed by atoms with van der Waals surface area (Å²) in [4.78, 5) is 0. The van der Waals surface area contributed by atoms with Crippen molar-refractivity contribution in [1.29, 1.82) is 0 Å². The second kappa shape index (κ2) is 8.05. The summed E-state index contributed by atoms with van der Waals surface area (Å²) in [6.45, 7) is 1.33. The highest BCUT2D eigenvalue weighted by molar-refractivity contribution is 5.13. The molecule has 0 saturated heterocycles. The first-order valence-corrected chi connectivity index (χ1v) is 5.11. The van der Waals surface area contributed by atoms with Crippen molar-refractivity contribution in [2.24, 2.45) is 0 Å². The van der Waals surface area contributed by atoms with Crippen molar-refractivity contribution in [3.63, 3.8) is 0 Å². The van der Waals surface area contributed by atoms with E-state index in [-0.39, 0.29) is 6.61 Å². The molecule has 0 aromatic heterocycles. The van der Waals surface area contributed by atoms with Crippen molar-refractivity contribution in [2.45, 2.75) is 19.4 Å². The fourth-order valence-corrected chi connectivity index (χ4v) is 1.17. The van der Waals surface area contributed by atoms with Crippen LogP contribution in [-0.2, 0) is 11.3 Å². The van der Waals surface area contributed by atoms with Crippen LogP contribution in [0.1, 0.15) is 18.4 Å². The molecular weight excluding hydrogens is 188 g/mol. The monoisotopic (exact) mass is 204 g/mol. The molecule has 0 aliphatic carbocycles. The van der Waals surface area contributed by atoms with E-state index in [1.165, 1.54) is 5.56 Å². The average Bonchev–Trinajstić information content (AvgIpc) is 2.29. The zero-order chi connectivity index (χ0) is 10.8. The summed E-state index contributed by atoms with van der Waals surface area (Å²) in [6, 6.07) is 10.1. The first kappa shape index (κ1) is 11.8. The number of ether oxygens (including phenoxy) is 1. The molecule has 1 aromatic rings. The number of aliphatic hydroxyl groups excluding tert-OH is 1. The Hall–Kier alpha value is -1.30. The van der Waals surface area contributed by atoms with Gasteiger partial charge < -0.3 is 9.84 Å². The number of rotatable bonds is 5. The third-order valence-electron chi connectivity index (χ3n) is 1.91. The minimum atomic E-state index is -0.0507. The number of benzene rings is 1. The van der Waals surface area contributed by atoms with Gasteiger partial charge in [-0.3, -0.25) is 0 Å². The molecule has 0 aliphatic heterocycles. The van der Waals surface area contributed by atoms with Gasteiger partial charge in [-0.2, -0.15) is 0 Å². The molecule has 80 valence electrons. The molecule has 0 saturated carbocycles. The van der Waals surface area contributed by atoms with Crippen molar-refractivity contribution in [1.82, 2.24) is 0 Å². The predicted molar refractivity (Wildman–Crippen MR) is 60.2 cm³/mol. The van der Waals surface area contributed by atoms with E-state index in [1.807, 2.05) is 30.3 Å². The van der Waals surface area contributed by atoms with Gasteiger partial charge in [0.2, 0.25) is 0 Å². The maximum Gasteiger partial charge on any atom is 0.104 e. The highest BCUT2D eigenvalue weighted by Crippen LogP contribution is 2.01. The Morgan fingerprint density at radius 1 is 1.13 bits per heavy atom. The van der Waals surface area contributed by atoms with Crippen LogP contribution in [0, 0.1) is 11.8 Å². The summed E-state index contributed by atoms with van der Waals surface area (Å²) in [7, 11) is 0. The maximum atomic E-state index is 8.41. The van der Waals surface area contributed by atoms with Gasteiger partial charge in [0, 0.05) is 13.0 Å². The quantitative estimate of drug-likeness (QED) is 0.587. The molecule has 1 rings (SSSR count). The molecule has 2 nitrogen and oxygen atoms in total. The van der Waals surface area contributed by atoms with Gasteiger partial charge in [-0.15, -0.1) is 5.92 Å². The Bertz CT molecular complexity index is 308. The highest BCUT2D eigenvalue weighted by atomic mass is 16.5. The van der Waals surface area contributed by atoms with Gasteiger partial charge in [0.1, 0.15) is 6.61 Å². The van der Waals surface area contributed by atoms with Gasteiger partial charge in [-0.1, -0.05) is 36.3 Å². The zero-order valence-corrected chi connectivity index (χ0v) is 8.78. The second-order valence-corrected chi connectivity index (χ2v) is 3.15. The van der Waals surface area contributed by atoms with E-state index >= 15 is 0 Å². The van der Waals surface area contributed by atoms with Gasteiger partial charge in [-0.05, 0) is 12.0 Å². The summed E-state index contributed by atoms with van der Waals surface area (Å²) in [5.74, 6) is 5.46. The first-order valence-electron chi connectivity index (χ1n) is 5.11. The third kappa shape index (κ3) is 5.90. The van der Waals surface area contributed by atoms with E-state index in [4.69, 9.17) is 9.84 Å². The highest BCUT2D eigenvalue weighted by Gasteiger charge is 1.90. The number of aliphatic hydroxyl groups is 1. The van der Waals surface area contributed by atoms with E-state index in [0.717, 1.165) is 19.4 Å². The van der Waals surface area contributed by atoms with Crippen molar-refractivity contribution in [3.8, 4) is 11.8 Å². The minimum Gasteiger partial charge on any atom is -0.384 e. The van der Waals surface area contributed by atoms with Gasteiger partial charge in [0.05, 0.1) is 6.61 Å². The lowest BCUT2D eigenvalue weighted by atomic mass is 10.2. The van der Waals surface area contributed by atoms with Crippen LogP contribution in [0.15, 0.2) is 30.3 Å². The van der Waals surface area contributed by atoms with Crippen LogP contribution >= 0.6 is 0 Å². The smallest absolute Gasteiger partial charge is 0.104 e. The van der Waals surface area contributed by atoms with Crippen molar-refractivity contribution >= 4 is 0 Å². The van der Waals surface area contributed by atoms with Gasteiger partial charge in [0.25, 0.3) is 0 Å². The fourth-order valence-electron chi connectivity index (χ4n) is 1.17. The summed E-state index contributed by atoms with van der Waals surface area (Å²) in [5, 5.41) is 8.41. The van der Waals surface area contributed by atoms with Crippen LogP contribution in [0.2, 0.25) is 0 Å². The number of unbranched alkanes of at least 4 members (excludes halogenated alkanes) is 1. The number of hydrogen-bond donors (Lipinski definition) is 1. The average molecular weight is 204 g/mol. The molecule has 0 aliphatic rings. The van der Waals surface area contributed by atoms with Crippen LogP contribution in [0.5, 0.6) is 0 Å². The Morgan fingerprint density at radius 2 is 1.93 bits per heavy atom. The van der Waals surface area contributed by atoms with E-state index in [0.29, 0.717) is 6.61 Å². The van der Waals surface area contributed by atoms with Gasteiger partial charge in [0.15, 0.2) is 0 Å². The Labute approximate surface area is 90.9 Å². The fraction of sp³-hybridized carbons (Fsp3) is 0.385. The normalized spacial score (nSPS) is 9.40. The van der Waals surface area contributed by atoms with E-state index in [9.17, 15) is 0 Å². The van der Waals surface area contributed by atoms with Crippen LogP contribution in [0.25, 0.3) is 0 Å². The van der Waals surface area contributed by atoms with Crippen LogP contribution in [-0.4, -0.2) is 18.3 Å². The van der Waals surface area contributed by atoms with E-state index in [1.54, 1.807) is 0 Å². The minimum absolute atomic E-state index is 0.0507. The van der Waals surface area contributed by atoms with Crippen molar-refractivity contribution < 1.29 is 9.84 Å². The summed E-state index contributed by atoms with van der Waals surface area (Å²) in [6.07, 6.45) is 1.70. The first-order chi connectivity index (χ1) is 7.43. The zero-order valence-electron chi connectivity index (χ0n) is 8.78. The van der Waals surface area contributed by atoms with Gasteiger partial charge >= 0.3 is 0 Å². The van der Waals surface area contributed by atoms with Crippen LogP contribution < -0.4 is 0 Å². The van der Waals surface area contributed by atoms with Crippen LogP contribution in [0.3, 0.4) is 0 Å². The molecule has 1 aromatic carbocycles. The second-order valence-electron chi connectivity index (χ2n) is 3.15. The molecule has 0 fully saturated rings. The molecule has 0 amide bonds. The molecule has 1 N–H and O–H groups in total. The molecule has 0 bridgehead atoms. The van der Waals surface area contributed by atoms with Crippen LogP contribution in [0.4, 0.5) is 0 Å². The topological polar surface area (TPSA) is 29.5 Å².